The highest BCUT2D eigenvalue weighted by molar-refractivity contribution is 6.01. The van der Waals surface area contributed by atoms with Crippen LogP contribution in [0.5, 0.6) is 0 Å². The number of nitrogens with zero attached hydrogens (tertiary/aromatic N) is 5. The summed E-state index contributed by atoms with van der Waals surface area (Å²) in [6.07, 6.45) is 7.32. The van der Waals surface area contributed by atoms with Crippen LogP contribution >= 0.6 is 0 Å². The minimum Gasteiger partial charge on any atom is -0.389 e. The molecule has 1 aliphatic rings. The molecule has 2 heterocycles. The number of fused-ring (bicyclic) bond motifs is 1. The largest absolute Gasteiger partial charge is 0.389 e. The van der Waals surface area contributed by atoms with E-state index in [9.17, 15) is 9.90 Å². The van der Waals surface area contributed by atoms with Gasteiger partial charge in [0.15, 0.2) is 0 Å². The second-order valence-electron chi connectivity index (χ2n) is 8.87. The van der Waals surface area contributed by atoms with Crippen molar-refractivity contribution in [2.45, 2.75) is 45.6 Å². The number of aromatic nitrogens is 2. The quantitative estimate of drug-likeness (QED) is 0.648. The Labute approximate surface area is 189 Å². The summed E-state index contributed by atoms with van der Waals surface area (Å²) in [6.45, 7) is 11.2. The number of β-amino-alcohol motifs (C(OH)–C–C–N with tert-alkyl or cyclic N) is 1. The molecular weight excluding hydrogens is 404 g/mol. The van der Waals surface area contributed by atoms with Crippen LogP contribution in [0, 0.1) is 5.92 Å². The molecule has 3 rings (SSSR count). The van der Waals surface area contributed by atoms with Crippen LogP contribution in [0.3, 0.4) is 0 Å². The smallest absolute Gasteiger partial charge is 0.229 e. The van der Waals surface area contributed by atoms with E-state index in [1.165, 1.54) is 6.20 Å². The highest BCUT2D eigenvalue weighted by Gasteiger charge is 2.26. The molecule has 1 saturated heterocycles. The Hall–Kier alpha value is -2.97. The summed E-state index contributed by atoms with van der Waals surface area (Å²) in [5, 5.41) is 13.9. The minimum atomic E-state index is -0.734. The number of likely N-dealkylation sites (tertiary alicyclic amines) is 1. The van der Waals surface area contributed by atoms with E-state index in [1.54, 1.807) is 12.4 Å². The normalized spacial score (nSPS) is 18.6. The molecule has 0 saturated carbocycles. The zero-order valence-electron chi connectivity index (χ0n) is 19.1. The first-order valence-electron chi connectivity index (χ1n) is 10.9. The Morgan fingerprint density at radius 1 is 1.34 bits per heavy atom. The Kier molecular flexibility index (Phi) is 7.82. The molecular formula is C24H32N6O2. The van der Waals surface area contributed by atoms with Gasteiger partial charge >= 0.3 is 0 Å². The number of hydrogen-bond acceptors (Lipinski definition) is 7. The molecule has 1 aliphatic heterocycles. The van der Waals surface area contributed by atoms with Gasteiger partial charge in [0.25, 0.3) is 0 Å². The molecule has 8 heteroatoms. The van der Waals surface area contributed by atoms with Crippen molar-refractivity contribution in [1.82, 2.24) is 14.9 Å². The lowest BCUT2D eigenvalue weighted by atomic mass is 10.00. The maximum atomic E-state index is 12.9. The fourth-order valence-electron chi connectivity index (χ4n) is 3.91. The summed E-state index contributed by atoms with van der Waals surface area (Å²) in [7, 11) is 0. The Morgan fingerprint density at radius 2 is 2.16 bits per heavy atom. The number of nitrogens with one attached hydrogen (secondary N) is 1. The molecule has 0 radical (unpaired) electrons. The van der Waals surface area contributed by atoms with Crippen molar-refractivity contribution in [1.29, 1.82) is 0 Å². The van der Waals surface area contributed by atoms with Gasteiger partial charge in [-0.1, -0.05) is 12.1 Å². The van der Waals surface area contributed by atoms with E-state index < -0.39 is 5.60 Å². The number of hydrogen-bond donors (Lipinski definition) is 2. The number of benzene rings is 1. The van der Waals surface area contributed by atoms with Crippen molar-refractivity contribution < 1.29 is 9.90 Å². The third-order valence-electron chi connectivity index (χ3n) is 5.48. The van der Waals surface area contributed by atoms with E-state index in [1.807, 2.05) is 39.0 Å². The van der Waals surface area contributed by atoms with Gasteiger partial charge in [0, 0.05) is 42.2 Å². The highest BCUT2D eigenvalue weighted by Crippen LogP contribution is 2.21. The molecule has 0 spiro atoms. The average molecular weight is 437 g/mol. The second-order valence-corrected chi connectivity index (χ2v) is 8.87. The van der Waals surface area contributed by atoms with Crippen LogP contribution in [0.25, 0.3) is 10.9 Å². The van der Waals surface area contributed by atoms with Gasteiger partial charge in [0.1, 0.15) is 0 Å². The van der Waals surface area contributed by atoms with Crippen LogP contribution in [-0.2, 0) is 4.79 Å². The molecule has 170 valence electrons. The number of anilines is 1. The fourth-order valence-corrected chi connectivity index (χ4v) is 3.91. The van der Waals surface area contributed by atoms with Gasteiger partial charge < -0.3 is 10.0 Å². The van der Waals surface area contributed by atoms with Crippen molar-refractivity contribution in [2.75, 3.05) is 25.0 Å². The molecule has 0 bridgehead atoms. The van der Waals surface area contributed by atoms with Crippen LogP contribution in [0.2, 0.25) is 0 Å². The summed E-state index contributed by atoms with van der Waals surface area (Å²) in [5.74, 6) is 0.167. The van der Waals surface area contributed by atoms with Gasteiger partial charge in [-0.25, -0.2) is 9.97 Å². The van der Waals surface area contributed by atoms with Gasteiger partial charge in [0.2, 0.25) is 11.9 Å². The van der Waals surface area contributed by atoms with E-state index in [-0.39, 0.29) is 11.8 Å². The van der Waals surface area contributed by atoms with Crippen LogP contribution in [0.4, 0.5) is 5.95 Å². The minimum absolute atomic E-state index is 0.0505. The molecule has 1 amide bonds. The lowest BCUT2D eigenvalue weighted by Crippen LogP contribution is -2.39. The standard InChI is InChI=1S/C24H32N6O2/c1-17(26-11-10-25-4)19-7-8-20-15-27-23(28-21(20)14-19)29-22(31)18-6-5-12-30(13-9-18)16-24(2,3)32/h7-8,10-11,14-15,18,32H,4-6,9,12-13,16H2,1-3H3,(H,27,28,29,31)/b11-10-,26-17+. The molecule has 1 atom stereocenters. The van der Waals surface area contributed by atoms with Gasteiger partial charge in [0.05, 0.1) is 11.1 Å². The molecule has 1 aromatic heterocycles. The molecule has 1 fully saturated rings. The van der Waals surface area contributed by atoms with Crippen molar-refractivity contribution in [2.24, 2.45) is 15.9 Å². The topological polar surface area (TPSA) is 103 Å². The third kappa shape index (κ3) is 6.77. The van der Waals surface area contributed by atoms with E-state index >= 15 is 0 Å². The lowest BCUT2D eigenvalue weighted by Gasteiger charge is -2.27. The number of rotatable bonds is 7. The zero-order chi connectivity index (χ0) is 23.1. The summed E-state index contributed by atoms with van der Waals surface area (Å²) < 4.78 is 0. The number of aliphatic hydroxyl groups is 1. The SMILES string of the molecule is C=N/C=C\N=C(/C)c1ccc2cnc(NC(=O)C3CCCN(CC(C)(C)O)CC3)nc2c1. The Morgan fingerprint density at radius 3 is 2.91 bits per heavy atom. The van der Waals surface area contributed by atoms with Crippen LogP contribution < -0.4 is 5.32 Å². The molecule has 8 nitrogen and oxygen atoms in total. The maximum absolute atomic E-state index is 12.9. The summed E-state index contributed by atoms with van der Waals surface area (Å²) >= 11 is 0. The van der Waals surface area contributed by atoms with Crippen LogP contribution in [0.1, 0.15) is 45.6 Å². The molecule has 2 N–H and O–H groups in total. The average Bonchev–Trinajstić information content (AvgIpc) is 2.97. The number of amides is 1. The second kappa shape index (κ2) is 10.6. The van der Waals surface area contributed by atoms with Gasteiger partial charge in [-0.05, 0) is 71.5 Å². The molecule has 1 unspecified atom stereocenters. The summed E-state index contributed by atoms with van der Waals surface area (Å²) in [6, 6.07) is 5.83. The van der Waals surface area contributed by atoms with Gasteiger partial charge in [-0.2, -0.15) is 0 Å². The van der Waals surface area contributed by atoms with Crippen LogP contribution in [0.15, 0.2) is 46.8 Å². The van der Waals surface area contributed by atoms with E-state index in [0.717, 1.165) is 54.5 Å². The first kappa shape index (κ1) is 23.7. The first-order valence-corrected chi connectivity index (χ1v) is 10.9. The van der Waals surface area contributed by atoms with Gasteiger partial charge in [-0.3, -0.25) is 20.1 Å². The summed E-state index contributed by atoms with van der Waals surface area (Å²) in [5.41, 5.74) is 1.76. The van der Waals surface area contributed by atoms with Crippen molar-refractivity contribution in [3.8, 4) is 0 Å². The van der Waals surface area contributed by atoms with E-state index in [0.29, 0.717) is 12.5 Å². The Balaban J connectivity index is 1.68. The Bertz CT molecular complexity index is 1020. The molecule has 2 aromatic rings. The highest BCUT2D eigenvalue weighted by atomic mass is 16.3. The monoisotopic (exact) mass is 436 g/mol. The first-order chi connectivity index (χ1) is 15.2. The number of aliphatic imine (C=N–C) groups is 2. The van der Waals surface area contributed by atoms with Crippen molar-refractivity contribution >= 4 is 35.2 Å². The predicted molar refractivity (Wildman–Crippen MR) is 129 cm³/mol. The van der Waals surface area contributed by atoms with Crippen molar-refractivity contribution in [3.63, 3.8) is 0 Å². The van der Waals surface area contributed by atoms with Gasteiger partial charge in [-0.15, -0.1) is 0 Å². The fraction of sp³-hybridized carbons (Fsp3) is 0.458. The number of carbonyl (C=O) groups is 1. The van der Waals surface area contributed by atoms with Crippen molar-refractivity contribution in [3.05, 3.63) is 42.4 Å². The molecule has 1 aromatic carbocycles. The van der Waals surface area contributed by atoms with Crippen LogP contribution in [-0.4, -0.2) is 63.5 Å². The van der Waals surface area contributed by atoms with E-state index in [4.69, 9.17) is 0 Å². The number of carbonyl (C=O) groups excluding carboxylic acids is 1. The van der Waals surface area contributed by atoms with E-state index in [2.05, 4.69) is 36.9 Å². The molecule has 0 aliphatic carbocycles. The third-order valence-corrected chi connectivity index (χ3v) is 5.48. The lowest BCUT2D eigenvalue weighted by molar-refractivity contribution is -0.120. The zero-order valence-corrected chi connectivity index (χ0v) is 19.1. The maximum Gasteiger partial charge on any atom is 0.229 e. The summed E-state index contributed by atoms with van der Waals surface area (Å²) in [4.78, 5) is 31.9. The predicted octanol–water partition coefficient (Wildman–Crippen LogP) is 3.42. The molecule has 32 heavy (non-hydrogen) atoms.